The van der Waals surface area contributed by atoms with Crippen molar-refractivity contribution in [2.45, 2.75) is 31.9 Å². The summed E-state index contributed by atoms with van der Waals surface area (Å²) in [6.45, 7) is 2.87. The quantitative estimate of drug-likeness (QED) is 0.882. The van der Waals surface area contributed by atoms with Crippen molar-refractivity contribution in [3.63, 3.8) is 0 Å². The molecule has 1 aliphatic rings. The summed E-state index contributed by atoms with van der Waals surface area (Å²) in [7, 11) is 0. The lowest BCUT2D eigenvalue weighted by atomic mass is 9.89. The largest absolute Gasteiger partial charge is 0.386 e. The van der Waals surface area contributed by atoms with Crippen LogP contribution < -0.4 is 0 Å². The van der Waals surface area contributed by atoms with Crippen molar-refractivity contribution in [3.8, 4) is 10.7 Å². The fourth-order valence-corrected chi connectivity index (χ4v) is 3.15. The number of likely N-dealkylation sites (tertiary alicyclic amines) is 1. The molecule has 21 heavy (non-hydrogen) atoms. The zero-order chi connectivity index (χ0) is 14.9. The van der Waals surface area contributed by atoms with Crippen LogP contribution in [0.15, 0.2) is 17.5 Å². The maximum atomic E-state index is 12.1. The highest BCUT2D eigenvalue weighted by atomic mass is 32.1. The summed E-state index contributed by atoms with van der Waals surface area (Å²) < 4.78 is 0. The number of aromatic nitrogens is 4. The Bertz CT molecular complexity index is 618. The van der Waals surface area contributed by atoms with Crippen LogP contribution in [0.1, 0.15) is 19.8 Å². The maximum Gasteiger partial charge on any atom is 0.246 e. The Kier molecular flexibility index (Phi) is 3.73. The minimum Gasteiger partial charge on any atom is -0.386 e. The van der Waals surface area contributed by atoms with E-state index in [0.29, 0.717) is 18.9 Å². The predicted molar refractivity (Wildman–Crippen MR) is 77.6 cm³/mol. The molecule has 1 fully saturated rings. The SMILES string of the molecule is CCCC1(O)CN(C(=O)Cn2nnc(-c3cccs3)n2)C1. The molecule has 0 saturated carbocycles. The number of β-amino-alcohol motifs (C(OH)–C–C–N with tert-alkyl or cyclic N) is 1. The van der Waals surface area contributed by atoms with E-state index in [1.807, 2.05) is 24.4 Å². The van der Waals surface area contributed by atoms with Crippen LogP contribution in [0.25, 0.3) is 10.7 Å². The van der Waals surface area contributed by atoms with E-state index in [1.54, 1.807) is 4.90 Å². The summed E-state index contributed by atoms with van der Waals surface area (Å²) in [5.74, 6) is 0.440. The van der Waals surface area contributed by atoms with E-state index >= 15 is 0 Å². The second-order valence-corrected chi connectivity index (χ2v) is 6.29. The molecule has 0 atom stereocenters. The predicted octanol–water partition coefficient (Wildman–Crippen LogP) is 0.775. The van der Waals surface area contributed by atoms with Gasteiger partial charge in [-0.25, -0.2) is 0 Å². The molecule has 0 bridgehead atoms. The van der Waals surface area contributed by atoms with Gasteiger partial charge in [-0.1, -0.05) is 19.4 Å². The number of thiophene rings is 1. The average Bonchev–Trinajstić information content (AvgIpc) is 3.05. The lowest BCUT2D eigenvalue weighted by Gasteiger charge is -2.46. The number of amides is 1. The topological polar surface area (TPSA) is 84.1 Å². The van der Waals surface area contributed by atoms with Gasteiger partial charge in [0, 0.05) is 0 Å². The first-order chi connectivity index (χ1) is 10.1. The Morgan fingerprint density at radius 3 is 3.00 bits per heavy atom. The molecule has 2 aromatic heterocycles. The van der Waals surface area contributed by atoms with Gasteiger partial charge in [0.2, 0.25) is 11.7 Å². The van der Waals surface area contributed by atoms with Crippen molar-refractivity contribution in [2.24, 2.45) is 0 Å². The third kappa shape index (κ3) is 2.96. The van der Waals surface area contributed by atoms with Crippen molar-refractivity contribution in [1.82, 2.24) is 25.1 Å². The molecule has 1 aliphatic heterocycles. The number of tetrazole rings is 1. The van der Waals surface area contributed by atoms with Crippen LogP contribution >= 0.6 is 11.3 Å². The Morgan fingerprint density at radius 1 is 1.52 bits per heavy atom. The molecule has 112 valence electrons. The van der Waals surface area contributed by atoms with Gasteiger partial charge in [-0.05, 0) is 23.1 Å². The third-order valence-electron chi connectivity index (χ3n) is 3.51. The lowest BCUT2D eigenvalue weighted by molar-refractivity contribution is -0.157. The molecule has 1 saturated heterocycles. The molecule has 3 rings (SSSR count). The second kappa shape index (κ2) is 5.53. The van der Waals surface area contributed by atoms with Crippen molar-refractivity contribution in [1.29, 1.82) is 0 Å². The smallest absolute Gasteiger partial charge is 0.246 e. The highest BCUT2D eigenvalue weighted by Crippen LogP contribution is 2.26. The van der Waals surface area contributed by atoms with E-state index in [2.05, 4.69) is 15.4 Å². The van der Waals surface area contributed by atoms with E-state index in [9.17, 15) is 9.90 Å². The van der Waals surface area contributed by atoms with Crippen molar-refractivity contribution < 1.29 is 9.90 Å². The molecule has 7 nitrogen and oxygen atoms in total. The number of aliphatic hydroxyl groups is 1. The number of carbonyl (C=O) groups excluding carboxylic acids is 1. The summed E-state index contributed by atoms with van der Waals surface area (Å²) in [6.07, 6.45) is 1.63. The van der Waals surface area contributed by atoms with Crippen molar-refractivity contribution in [2.75, 3.05) is 13.1 Å². The van der Waals surface area contributed by atoms with Crippen molar-refractivity contribution >= 4 is 17.2 Å². The number of hydrogen-bond acceptors (Lipinski definition) is 6. The van der Waals surface area contributed by atoms with Crippen LogP contribution in [0, 0.1) is 0 Å². The fourth-order valence-electron chi connectivity index (χ4n) is 2.50. The lowest BCUT2D eigenvalue weighted by Crippen LogP contribution is -2.63. The van der Waals surface area contributed by atoms with Gasteiger partial charge in [0.1, 0.15) is 6.54 Å². The molecule has 0 spiro atoms. The molecular formula is C13H17N5O2S. The van der Waals surface area contributed by atoms with E-state index in [4.69, 9.17) is 0 Å². The van der Waals surface area contributed by atoms with Crippen LogP contribution in [0.2, 0.25) is 0 Å². The molecule has 3 heterocycles. The van der Waals surface area contributed by atoms with E-state index in [0.717, 1.165) is 17.7 Å². The number of hydrogen-bond donors (Lipinski definition) is 1. The van der Waals surface area contributed by atoms with Gasteiger partial charge >= 0.3 is 0 Å². The summed E-state index contributed by atoms with van der Waals surface area (Å²) in [6, 6.07) is 3.83. The summed E-state index contributed by atoms with van der Waals surface area (Å²) in [4.78, 5) is 15.9. The van der Waals surface area contributed by atoms with Gasteiger partial charge in [-0.2, -0.15) is 4.80 Å². The first-order valence-corrected chi connectivity index (χ1v) is 7.79. The maximum absolute atomic E-state index is 12.1. The second-order valence-electron chi connectivity index (χ2n) is 5.34. The zero-order valence-corrected chi connectivity index (χ0v) is 12.6. The monoisotopic (exact) mass is 307 g/mol. The van der Waals surface area contributed by atoms with Gasteiger partial charge in [-0.3, -0.25) is 4.79 Å². The summed E-state index contributed by atoms with van der Waals surface area (Å²) in [5, 5.41) is 24.1. The summed E-state index contributed by atoms with van der Waals surface area (Å²) >= 11 is 1.53. The molecule has 1 amide bonds. The van der Waals surface area contributed by atoms with Gasteiger partial charge in [-0.15, -0.1) is 21.5 Å². The average molecular weight is 307 g/mol. The molecule has 0 unspecified atom stereocenters. The van der Waals surface area contributed by atoms with Crippen LogP contribution in [0.4, 0.5) is 0 Å². The van der Waals surface area contributed by atoms with E-state index in [-0.39, 0.29) is 12.5 Å². The van der Waals surface area contributed by atoms with Gasteiger partial charge in [0.05, 0.1) is 23.6 Å². The highest BCUT2D eigenvalue weighted by molar-refractivity contribution is 7.13. The molecule has 8 heteroatoms. The number of nitrogens with zero attached hydrogens (tertiary/aromatic N) is 5. The standard InChI is InChI=1S/C13H17N5O2S/c1-2-5-13(20)8-17(9-13)11(19)7-18-15-12(14-16-18)10-4-3-6-21-10/h3-4,6,20H,2,5,7-9H2,1H3. The molecule has 0 aliphatic carbocycles. The van der Waals surface area contributed by atoms with Gasteiger partial charge < -0.3 is 10.0 Å². The fraction of sp³-hybridized carbons (Fsp3) is 0.538. The van der Waals surface area contributed by atoms with Crippen molar-refractivity contribution in [3.05, 3.63) is 17.5 Å². The first-order valence-electron chi connectivity index (χ1n) is 6.91. The minimum atomic E-state index is -0.706. The molecule has 0 aromatic carbocycles. The van der Waals surface area contributed by atoms with Crippen LogP contribution in [0.3, 0.4) is 0 Å². The number of carbonyl (C=O) groups is 1. The van der Waals surface area contributed by atoms with Crippen LogP contribution in [-0.2, 0) is 11.3 Å². The number of rotatable bonds is 5. The third-order valence-corrected chi connectivity index (χ3v) is 4.38. The van der Waals surface area contributed by atoms with Crippen LogP contribution in [0.5, 0.6) is 0 Å². The molecule has 1 N–H and O–H groups in total. The Morgan fingerprint density at radius 2 is 2.33 bits per heavy atom. The first kappa shape index (κ1) is 14.2. The normalized spacial score (nSPS) is 16.8. The Balaban J connectivity index is 1.57. The molecule has 0 radical (unpaired) electrons. The summed E-state index contributed by atoms with van der Waals surface area (Å²) in [5.41, 5.74) is -0.706. The van der Waals surface area contributed by atoms with E-state index in [1.165, 1.54) is 16.1 Å². The zero-order valence-electron chi connectivity index (χ0n) is 11.8. The Hall–Kier alpha value is -1.80. The van der Waals surface area contributed by atoms with Crippen LogP contribution in [-0.4, -0.2) is 54.8 Å². The Labute approximate surface area is 126 Å². The molecular weight excluding hydrogens is 290 g/mol. The van der Waals surface area contributed by atoms with E-state index < -0.39 is 5.60 Å². The highest BCUT2D eigenvalue weighted by Gasteiger charge is 2.42. The molecule has 2 aromatic rings. The minimum absolute atomic E-state index is 0.0561. The van der Waals surface area contributed by atoms with Gasteiger partial charge in [0.15, 0.2) is 0 Å². The van der Waals surface area contributed by atoms with Gasteiger partial charge in [0.25, 0.3) is 0 Å².